The summed E-state index contributed by atoms with van der Waals surface area (Å²) in [6, 6.07) is 5.31. The second-order valence-corrected chi connectivity index (χ2v) is 5.77. The molecule has 0 N–H and O–H groups in total. The van der Waals surface area contributed by atoms with Crippen LogP contribution in [0.15, 0.2) is 24.3 Å². The fraction of sp³-hybridized carbons (Fsp3) is 0.333. The summed E-state index contributed by atoms with van der Waals surface area (Å²) in [6.07, 6.45) is 1.68. The van der Waals surface area contributed by atoms with Crippen LogP contribution in [-0.4, -0.2) is 0 Å². The SMILES string of the molecule is CCc1cc(F)c(C2CCc3ccc(F)c(F)c3C2)c(F)c1. The molecule has 0 nitrogen and oxygen atoms in total. The minimum atomic E-state index is -0.915. The van der Waals surface area contributed by atoms with Gasteiger partial charge in [0.05, 0.1) is 0 Å². The minimum absolute atomic E-state index is 0.00786. The zero-order chi connectivity index (χ0) is 15.9. The van der Waals surface area contributed by atoms with Crippen LogP contribution in [0.1, 0.15) is 41.5 Å². The number of fused-ring (bicyclic) bond motifs is 1. The third kappa shape index (κ3) is 2.51. The van der Waals surface area contributed by atoms with Gasteiger partial charge in [-0.25, -0.2) is 17.6 Å². The number of benzene rings is 2. The molecule has 0 heterocycles. The van der Waals surface area contributed by atoms with E-state index in [1.165, 1.54) is 12.1 Å². The van der Waals surface area contributed by atoms with Crippen LogP contribution in [-0.2, 0) is 19.3 Å². The fourth-order valence-electron chi connectivity index (χ4n) is 3.24. The van der Waals surface area contributed by atoms with E-state index in [-0.39, 0.29) is 17.5 Å². The molecule has 0 aromatic heterocycles. The van der Waals surface area contributed by atoms with Crippen molar-refractivity contribution in [1.82, 2.24) is 0 Å². The van der Waals surface area contributed by atoms with E-state index in [1.807, 2.05) is 6.92 Å². The highest BCUT2D eigenvalue weighted by molar-refractivity contribution is 5.37. The molecule has 0 saturated carbocycles. The van der Waals surface area contributed by atoms with Gasteiger partial charge in [-0.15, -0.1) is 0 Å². The molecule has 116 valence electrons. The van der Waals surface area contributed by atoms with Crippen LogP contribution in [0.4, 0.5) is 17.6 Å². The average Bonchev–Trinajstić information content (AvgIpc) is 2.50. The highest BCUT2D eigenvalue weighted by Crippen LogP contribution is 2.37. The van der Waals surface area contributed by atoms with Crippen molar-refractivity contribution in [3.8, 4) is 0 Å². The Morgan fingerprint density at radius 2 is 1.68 bits per heavy atom. The summed E-state index contributed by atoms with van der Waals surface area (Å²) in [4.78, 5) is 0. The first kappa shape index (κ1) is 15.1. The fourth-order valence-corrected chi connectivity index (χ4v) is 3.24. The van der Waals surface area contributed by atoms with Crippen LogP contribution in [0.5, 0.6) is 0 Å². The van der Waals surface area contributed by atoms with Crippen molar-refractivity contribution >= 4 is 0 Å². The standard InChI is InChI=1S/C18H16F4/c1-2-10-7-15(20)17(16(21)8-10)12-4-3-11-5-6-14(19)18(22)13(11)9-12/h5-8,12H,2-4,9H2,1H3. The van der Waals surface area contributed by atoms with Crippen LogP contribution in [0.25, 0.3) is 0 Å². The molecule has 0 amide bonds. The molecule has 3 rings (SSSR count). The molecule has 2 aromatic rings. The summed E-state index contributed by atoms with van der Waals surface area (Å²) in [7, 11) is 0. The molecule has 2 aromatic carbocycles. The Kier molecular flexibility index (Phi) is 3.94. The van der Waals surface area contributed by atoms with Crippen molar-refractivity contribution in [3.63, 3.8) is 0 Å². The molecule has 0 saturated heterocycles. The van der Waals surface area contributed by atoms with Gasteiger partial charge in [-0.2, -0.15) is 0 Å². The van der Waals surface area contributed by atoms with Gasteiger partial charge in [-0.3, -0.25) is 0 Å². The van der Waals surface area contributed by atoms with E-state index in [0.29, 0.717) is 24.8 Å². The largest absolute Gasteiger partial charge is 0.207 e. The third-order valence-corrected chi connectivity index (χ3v) is 4.46. The molecule has 0 aliphatic heterocycles. The van der Waals surface area contributed by atoms with Crippen molar-refractivity contribution in [2.75, 3.05) is 0 Å². The van der Waals surface area contributed by atoms with Crippen LogP contribution < -0.4 is 0 Å². The summed E-state index contributed by atoms with van der Waals surface area (Å²) in [5, 5.41) is 0. The third-order valence-electron chi connectivity index (χ3n) is 4.46. The Morgan fingerprint density at radius 3 is 2.32 bits per heavy atom. The van der Waals surface area contributed by atoms with Crippen LogP contribution in [0.2, 0.25) is 0 Å². The quantitative estimate of drug-likeness (QED) is 0.679. The van der Waals surface area contributed by atoms with Gasteiger partial charge in [-0.05, 0) is 66.5 Å². The van der Waals surface area contributed by atoms with Crippen molar-refractivity contribution in [2.45, 2.75) is 38.5 Å². The van der Waals surface area contributed by atoms with Crippen molar-refractivity contribution in [3.05, 3.63) is 69.8 Å². The molecule has 1 aliphatic rings. The molecule has 1 atom stereocenters. The van der Waals surface area contributed by atoms with E-state index in [2.05, 4.69) is 0 Å². The second-order valence-electron chi connectivity index (χ2n) is 5.77. The van der Waals surface area contributed by atoms with Crippen molar-refractivity contribution in [1.29, 1.82) is 0 Å². The van der Waals surface area contributed by atoms with Gasteiger partial charge in [0.1, 0.15) is 11.6 Å². The molecular weight excluding hydrogens is 292 g/mol. The normalized spacial score (nSPS) is 17.4. The molecule has 0 radical (unpaired) electrons. The van der Waals surface area contributed by atoms with Crippen molar-refractivity contribution in [2.24, 2.45) is 0 Å². The molecule has 4 heteroatoms. The second kappa shape index (κ2) is 5.75. The maximum absolute atomic E-state index is 14.2. The highest BCUT2D eigenvalue weighted by atomic mass is 19.2. The molecule has 0 spiro atoms. The predicted octanol–water partition coefficient (Wildman–Crippen LogP) is 5.08. The Bertz CT molecular complexity index is 698. The zero-order valence-electron chi connectivity index (χ0n) is 12.2. The number of rotatable bonds is 2. The zero-order valence-corrected chi connectivity index (χ0v) is 12.2. The minimum Gasteiger partial charge on any atom is -0.207 e. The lowest BCUT2D eigenvalue weighted by molar-refractivity contribution is 0.457. The summed E-state index contributed by atoms with van der Waals surface area (Å²) in [6.45, 7) is 1.82. The lowest BCUT2D eigenvalue weighted by atomic mass is 9.79. The van der Waals surface area contributed by atoms with Crippen LogP contribution >= 0.6 is 0 Å². The van der Waals surface area contributed by atoms with Gasteiger partial charge in [0.15, 0.2) is 11.6 Å². The number of hydrogen-bond acceptors (Lipinski definition) is 0. The smallest absolute Gasteiger partial charge is 0.162 e. The topological polar surface area (TPSA) is 0 Å². The molecular formula is C18H16F4. The Hall–Kier alpha value is -1.84. The number of halogens is 4. The lowest BCUT2D eigenvalue weighted by Crippen LogP contribution is -2.17. The summed E-state index contributed by atoms with van der Waals surface area (Å²) in [5.74, 6) is -3.46. The maximum Gasteiger partial charge on any atom is 0.162 e. The molecule has 0 fully saturated rings. The highest BCUT2D eigenvalue weighted by Gasteiger charge is 2.28. The Morgan fingerprint density at radius 1 is 1.00 bits per heavy atom. The lowest BCUT2D eigenvalue weighted by Gasteiger charge is -2.26. The van der Waals surface area contributed by atoms with E-state index in [4.69, 9.17) is 0 Å². The van der Waals surface area contributed by atoms with E-state index in [0.717, 1.165) is 11.6 Å². The van der Waals surface area contributed by atoms with E-state index in [9.17, 15) is 17.6 Å². The Balaban J connectivity index is 2.00. The number of hydrogen-bond donors (Lipinski definition) is 0. The molecule has 1 unspecified atom stereocenters. The maximum atomic E-state index is 14.2. The molecule has 0 bridgehead atoms. The summed E-state index contributed by atoms with van der Waals surface area (Å²) >= 11 is 0. The van der Waals surface area contributed by atoms with Gasteiger partial charge >= 0.3 is 0 Å². The van der Waals surface area contributed by atoms with Gasteiger partial charge < -0.3 is 0 Å². The first-order valence-electron chi connectivity index (χ1n) is 7.44. The van der Waals surface area contributed by atoms with Gasteiger partial charge in [-0.1, -0.05) is 13.0 Å². The van der Waals surface area contributed by atoms with Crippen molar-refractivity contribution < 1.29 is 17.6 Å². The molecule has 1 aliphatic carbocycles. The molecule has 22 heavy (non-hydrogen) atoms. The van der Waals surface area contributed by atoms with E-state index < -0.39 is 29.2 Å². The first-order valence-corrected chi connectivity index (χ1v) is 7.44. The Labute approximate surface area is 126 Å². The van der Waals surface area contributed by atoms with Crippen LogP contribution in [0.3, 0.4) is 0 Å². The first-order chi connectivity index (χ1) is 10.5. The van der Waals surface area contributed by atoms with E-state index >= 15 is 0 Å². The van der Waals surface area contributed by atoms with Gasteiger partial charge in [0, 0.05) is 5.56 Å². The van der Waals surface area contributed by atoms with Gasteiger partial charge in [0.25, 0.3) is 0 Å². The van der Waals surface area contributed by atoms with Gasteiger partial charge in [0.2, 0.25) is 0 Å². The summed E-state index contributed by atoms with van der Waals surface area (Å²) < 4.78 is 55.8. The number of aryl methyl sites for hydroxylation is 2. The average molecular weight is 308 g/mol. The van der Waals surface area contributed by atoms with Crippen LogP contribution in [0, 0.1) is 23.3 Å². The summed E-state index contributed by atoms with van der Waals surface area (Å²) in [5.41, 5.74) is 1.55. The monoisotopic (exact) mass is 308 g/mol. The van der Waals surface area contributed by atoms with E-state index in [1.54, 1.807) is 6.07 Å². The predicted molar refractivity (Wildman–Crippen MR) is 76.9 cm³/mol.